The maximum absolute atomic E-state index is 12.2. The Morgan fingerprint density at radius 1 is 1.12 bits per heavy atom. The molecule has 0 unspecified atom stereocenters. The quantitative estimate of drug-likeness (QED) is 0.572. The van der Waals surface area contributed by atoms with Gasteiger partial charge >= 0.3 is 6.01 Å². The number of nitrogens with one attached hydrogen (secondary N) is 1. The van der Waals surface area contributed by atoms with Crippen molar-refractivity contribution in [3.63, 3.8) is 0 Å². The molecule has 0 radical (unpaired) electrons. The zero-order valence-electron chi connectivity index (χ0n) is 12.0. The van der Waals surface area contributed by atoms with E-state index in [0.717, 1.165) is 0 Å². The molecule has 0 bridgehead atoms. The molecule has 8 nitrogen and oxygen atoms in total. The molecular formula is C15H9ClN4O4. The average molecular weight is 345 g/mol. The third-order valence-electron chi connectivity index (χ3n) is 3.08. The largest absolute Gasteiger partial charge is 0.403 e. The summed E-state index contributed by atoms with van der Waals surface area (Å²) in [6, 6.07) is 12.1. The van der Waals surface area contributed by atoms with Crippen LogP contribution < -0.4 is 5.32 Å². The van der Waals surface area contributed by atoms with Crippen LogP contribution in [-0.2, 0) is 0 Å². The Hall–Kier alpha value is -3.26. The van der Waals surface area contributed by atoms with Gasteiger partial charge in [-0.25, -0.2) is 0 Å². The number of nitro groups is 1. The molecule has 0 aliphatic rings. The molecule has 1 N–H and O–H groups in total. The Balaban J connectivity index is 1.81. The number of hydrogen-bond donors (Lipinski definition) is 1. The Morgan fingerprint density at radius 2 is 1.83 bits per heavy atom. The van der Waals surface area contributed by atoms with Crippen LogP contribution >= 0.6 is 11.6 Å². The lowest BCUT2D eigenvalue weighted by atomic mass is 10.1. The lowest BCUT2D eigenvalue weighted by Gasteiger charge is -2.01. The smallest absolute Gasteiger partial charge is 0.322 e. The number of carbonyl (C=O) groups excluding carboxylic acids is 1. The van der Waals surface area contributed by atoms with Gasteiger partial charge < -0.3 is 4.42 Å². The fourth-order valence-corrected chi connectivity index (χ4v) is 2.10. The van der Waals surface area contributed by atoms with Gasteiger partial charge in [0.1, 0.15) is 5.56 Å². The highest BCUT2D eigenvalue weighted by molar-refractivity contribution is 6.30. The van der Waals surface area contributed by atoms with E-state index in [1.807, 2.05) is 0 Å². The van der Waals surface area contributed by atoms with Crippen LogP contribution in [0.25, 0.3) is 11.5 Å². The van der Waals surface area contributed by atoms with Gasteiger partial charge in [0.2, 0.25) is 5.89 Å². The molecule has 9 heteroatoms. The minimum absolute atomic E-state index is 0.103. The van der Waals surface area contributed by atoms with Crippen LogP contribution in [0.1, 0.15) is 10.4 Å². The molecule has 0 spiro atoms. The number of para-hydroxylation sites is 1. The molecule has 0 saturated carbocycles. The van der Waals surface area contributed by atoms with Gasteiger partial charge in [0.25, 0.3) is 11.6 Å². The molecule has 1 heterocycles. The van der Waals surface area contributed by atoms with Crippen molar-refractivity contribution in [2.24, 2.45) is 0 Å². The first kappa shape index (κ1) is 15.6. The van der Waals surface area contributed by atoms with Crippen molar-refractivity contribution < 1.29 is 14.1 Å². The molecule has 1 amide bonds. The van der Waals surface area contributed by atoms with E-state index < -0.39 is 10.8 Å². The van der Waals surface area contributed by atoms with Crippen molar-refractivity contribution >= 4 is 29.2 Å². The van der Waals surface area contributed by atoms with Gasteiger partial charge in [-0.2, -0.15) is 0 Å². The van der Waals surface area contributed by atoms with Gasteiger partial charge in [-0.3, -0.25) is 20.2 Å². The third-order valence-corrected chi connectivity index (χ3v) is 3.33. The molecule has 3 aromatic rings. The van der Waals surface area contributed by atoms with E-state index in [1.54, 1.807) is 24.3 Å². The summed E-state index contributed by atoms with van der Waals surface area (Å²) in [5.41, 5.74) is 0.208. The Morgan fingerprint density at radius 3 is 2.54 bits per heavy atom. The van der Waals surface area contributed by atoms with E-state index in [2.05, 4.69) is 15.5 Å². The number of anilines is 1. The molecule has 3 rings (SSSR count). The highest BCUT2D eigenvalue weighted by Crippen LogP contribution is 2.23. The number of nitro benzene ring substituents is 1. The predicted molar refractivity (Wildman–Crippen MR) is 85.8 cm³/mol. The monoisotopic (exact) mass is 344 g/mol. The summed E-state index contributed by atoms with van der Waals surface area (Å²) in [5, 5.41) is 21.4. The Kier molecular flexibility index (Phi) is 4.21. The van der Waals surface area contributed by atoms with E-state index in [1.165, 1.54) is 24.3 Å². The summed E-state index contributed by atoms with van der Waals surface area (Å²) >= 11 is 5.80. The van der Waals surface area contributed by atoms with Gasteiger partial charge in [0.05, 0.1) is 4.92 Å². The normalized spacial score (nSPS) is 10.4. The second kappa shape index (κ2) is 6.47. The number of carbonyl (C=O) groups is 1. The van der Waals surface area contributed by atoms with E-state index in [0.29, 0.717) is 10.6 Å². The molecule has 0 atom stereocenters. The van der Waals surface area contributed by atoms with Gasteiger partial charge in [-0.1, -0.05) is 28.8 Å². The fourth-order valence-electron chi connectivity index (χ4n) is 1.97. The van der Waals surface area contributed by atoms with Crippen LogP contribution in [0.15, 0.2) is 52.9 Å². The van der Waals surface area contributed by atoms with Gasteiger partial charge in [-0.15, -0.1) is 5.10 Å². The van der Waals surface area contributed by atoms with Gasteiger partial charge in [0, 0.05) is 16.7 Å². The standard InChI is InChI=1S/C15H9ClN4O4/c16-10-7-5-9(6-8-10)14-18-19-15(24-14)17-13(21)11-3-1-2-4-12(11)20(22)23/h1-8H,(H,17,19,21). The number of nitrogens with zero attached hydrogens (tertiary/aromatic N) is 3. The molecule has 24 heavy (non-hydrogen) atoms. The first-order valence-corrected chi connectivity index (χ1v) is 7.06. The number of amides is 1. The molecule has 0 saturated heterocycles. The van der Waals surface area contributed by atoms with E-state index in [9.17, 15) is 14.9 Å². The van der Waals surface area contributed by atoms with Gasteiger partial charge in [-0.05, 0) is 30.3 Å². The molecule has 0 fully saturated rings. The van der Waals surface area contributed by atoms with Crippen LogP contribution in [0.2, 0.25) is 5.02 Å². The summed E-state index contributed by atoms with van der Waals surface area (Å²) in [4.78, 5) is 22.5. The van der Waals surface area contributed by atoms with Crippen molar-refractivity contribution in [3.8, 4) is 11.5 Å². The first-order valence-electron chi connectivity index (χ1n) is 6.69. The van der Waals surface area contributed by atoms with Crippen molar-refractivity contribution in [2.45, 2.75) is 0 Å². The van der Waals surface area contributed by atoms with Crippen LogP contribution in [0.3, 0.4) is 0 Å². The van der Waals surface area contributed by atoms with Crippen molar-refractivity contribution in [2.75, 3.05) is 5.32 Å². The number of hydrogen-bond acceptors (Lipinski definition) is 6. The number of rotatable bonds is 4. The zero-order valence-corrected chi connectivity index (χ0v) is 12.7. The summed E-state index contributed by atoms with van der Waals surface area (Å²) in [6.45, 7) is 0. The maximum Gasteiger partial charge on any atom is 0.322 e. The minimum Gasteiger partial charge on any atom is -0.403 e. The summed E-state index contributed by atoms with van der Waals surface area (Å²) in [7, 11) is 0. The lowest BCUT2D eigenvalue weighted by molar-refractivity contribution is -0.385. The second-order valence-electron chi connectivity index (χ2n) is 4.65. The van der Waals surface area contributed by atoms with Crippen LogP contribution in [0.5, 0.6) is 0 Å². The van der Waals surface area contributed by atoms with Crippen molar-refractivity contribution in [1.82, 2.24) is 10.2 Å². The maximum atomic E-state index is 12.2. The summed E-state index contributed by atoms with van der Waals surface area (Å²) < 4.78 is 5.33. The zero-order chi connectivity index (χ0) is 17.1. The van der Waals surface area contributed by atoms with Crippen LogP contribution in [0.4, 0.5) is 11.7 Å². The molecular weight excluding hydrogens is 336 g/mol. The van der Waals surface area contributed by atoms with E-state index >= 15 is 0 Å². The molecule has 0 aliphatic carbocycles. The van der Waals surface area contributed by atoms with Crippen molar-refractivity contribution in [3.05, 3.63) is 69.2 Å². The highest BCUT2D eigenvalue weighted by Gasteiger charge is 2.21. The molecule has 2 aromatic carbocycles. The van der Waals surface area contributed by atoms with E-state index in [4.69, 9.17) is 16.0 Å². The Bertz CT molecular complexity index is 908. The SMILES string of the molecule is O=C(Nc1nnc(-c2ccc(Cl)cc2)o1)c1ccccc1[N+](=O)[O-]. The topological polar surface area (TPSA) is 111 Å². The second-order valence-corrected chi connectivity index (χ2v) is 5.08. The van der Waals surface area contributed by atoms with E-state index in [-0.39, 0.29) is 23.2 Å². The Labute approximate surface area is 140 Å². The number of aromatic nitrogens is 2. The first-order chi connectivity index (χ1) is 11.5. The lowest BCUT2D eigenvalue weighted by Crippen LogP contribution is -2.14. The minimum atomic E-state index is -0.714. The van der Waals surface area contributed by atoms with Crippen molar-refractivity contribution in [1.29, 1.82) is 0 Å². The summed E-state index contributed by atoms with van der Waals surface area (Å²) in [6.07, 6.45) is 0. The van der Waals surface area contributed by atoms with Crippen LogP contribution in [-0.4, -0.2) is 21.0 Å². The predicted octanol–water partition coefficient (Wildman–Crippen LogP) is 3.55. The highest BCUT2D eigenvalue weighted by atomic mass is 35.5. The summed E-state index contributed by atoms with van der Waals surface area (Å²) in [5.74, 6) is -0.530. The van der Waals surface area contributed by atoms with Crippen LogP contribution in [0, 0.1) is 10.1 Å². The third kappa shape index (κ3) is 3.23. The molecule has 120 valence electrons. The number of benzene rings is 2. The van der Waals surface area contributed by atoms with Gasteiger partial charge in [0.15, 0.2) is 0 Å². The molecule has 1 aromatic heterocycles. The fraction of sp³-hybridized carbons (Fsp3) is 0. The molecule has 0 aliphatic heterocycles. The average Bonchev–Trinajstić information content (AvgIpc) is 3.04. The number of halogens is 1.